The van der Waals surface area contributed by atoms with Gasteiger partial charge in [0.15, 0.2) is 0 Å². The molecule has 0 saturated carbocycles. The number of pyridine rings is 2. The Labute approximate surface area is 239 Å². The Bertz CT molecular complexity index is 1970. The summed E-state index contributed by atoms with van der Waals surface area (Å²) < 4.78 is 2.70. The summed E-state index contributed by atoms with van der Waals surface area (Å²) in [6.07, 6.45) is 7.36. The van der Waals surface area contributed by atoms with Gasteiger partial charge in [-0.15, -0.1) is 22.7 Å². The van der Waals surface area contributed by atoms with Gasteiger partial charge >= 0.3 is 0 Å². The number of hydrogen-bond acceptors (Lipinski definition) is 4. The summed E-state index contributed by atoms with van der Waals surface area (Å²) >= 11 is 3.77. The fraction of sp³-hybridized carbons (Fsp3) is 0. The molecule has 188 valence electrons. The summed E-state index contributed by atoms with van der Waals surface area (Å²) in [5.74, 6) is 0. The number of nitrogens with zero attached hydrogens (tertiary/aromatic N) is 2. The molecule has 0 amide bonds. The van der Waals surface area contributed by atoms with Crippen molar-refractivity contribution in [1.82, 2.24) is 9.97 Å². The van der Waals surface area contributed by atoms with Gasteiger partial charge in [-0.2, -0.15) is 0 Å². The first-order valence-corrected chi connectivity index (χ1v) is 14.8. The van der Waals surface area contributed by atoms with Crippen LogP contribution in [0.15, 0.2) is 134 Å². The zero-order valence-electron chi connectivity index (χ0n) is 21.4. The molecule has 0 N–H and O–H groups in total. The molecule has 2 nitrogen and oxygen atoms in total. The third-order valence-electron chi connectivity index (χ3n) is 7.53. The molecule has 0 unspecified atom stereocenters. The maximum atomic E-state index is 4.13. The zero-order chi connectivity index (χ0) is 26.5. The van der Waals surface area contributed by atoms with E-state index in [1.807, 2.05) is 47.5 Å². The van der Waals surface area contributed by atoms with Gasteiger partial charge in [0, 0.05) is 54.7 Å². The number of rotatable bonds is 4. The maximum Gasteiger partial charge on any atom is 0.0428 e. The normalized spacial score (nSPS) is 11.5. The van der Waals surface area contributed by atoms with Gasteiger partial charge in [-0.3, -0.25) is 9.97 Å². The Morgan fingerprint density at radius 2 is 0.700 bits per heavy atom. The van der Waals surface area contributed by atoms with Crippen LogP contribution in [-0.2, 0) is 0 Å². The third-order valence-corrected chi connectivity index (χ3v) is 9.99. The van der Waals surface area contributed by atoms with Crippen LogP contribution in [0.2, 0.25) is 0 Å². The Morgan fingerprint density at radius 3 is 1.10 bits per heavy atom. The molecule has 0 aliphatic carbocycles. The van der Waals surface area contributed by atoms with E-state index in [0.29, 0.717) is 0 Å². The van der Waals surface area contributed by atoms with E-state index in [4.69, 9.17) is 0 Å². The molecule has 0 radical (unpaired) electrons. The minimum absolute atomic E-state index is 1.19. The van der Waals surface area contributed by atoms with E-state index >= 15 is 0 Å². The monoisotopic (exact) mass is 546 g/mol. The first-order valence-electron chi connectivity index (χ1n) is 13.2. The minimum atomic E-state index is 1.19. The second kappa shape index (κ2) is 9.53. The van der Waals surface area contributed by atoms with Crippen LogP contribution < -0.4 is 0 Å². The minimum Gasteiger partial charge on any atom is -0.265 e. The van der Waals surface area contributed by atoms with E-state index in [2.05, 4.69) is 119 Å². The Kier molecular flexibility index (Phi) is 5.54. The van der Waals surface area contributed by atoms with Crippen molar-refractivity contribution in [3.05, 3.63) is 134 Å². The number of hydrogen-bond donors (Lipinski definition) is 0. The molecule has 0 saturated heterocycles. The second-order valence-electron chi connectivity index (χ2n) is 9.91. The van der Waals surface area contributed by atoms with Gasteiger partial charge in [-0.25, -0.2) is 0 Å². The Hall–Kier alpha value is -4.64. The SMILES string of the molecule is c1cc(-c2ccc(-c3cc4ccc5c(ccc6cc(-c7ccc(-c8ccncc8)cc7)sc65)c4s3)cc2)ccn1. The number of aromatic nitrogens is 2. The van der Waals surface area contributed by atoms with E-state index in [9.17, 15) is 0 Å². The fourth-order valence-electron chi connectivity index (χ4n) is 5.43. The molecule has 0 aliphatic rings. The lowest BCUT2D eigenvalue weighted by Crippen LogP contribution is -1.78. The summed E-state index contributed by atoms with van der Waals surface area (Å²) in [6, 6.07) is 39.8. The van der Waals surface area contributed by atoms with Crippen molar-refractivity contribution in [2.24, 2.45) is 0 Å². The molecule has 0 fully saturated rings. The summed E-state index contributed by atoms with van der Waals surface area (Å²) in [7, 11) is 0. The van der Waals surface area contributed by atoms with Crippen molar-refractivity contribution in [3.63, 3.8) is 0 Å². The molecule has 4 heterocycles. The standard InChI is InChI=1S/C36H22N2S2/c1-5-27(6-2-23(1)25-13-17-37-18-14-25)33-21-29-9-11-32-31(35(29)39-33)12-10-30-22-34(40-36(30)32)28-7-3-24(4-8-28)26-15-19-38-20-16-26/h1-22H. The lowest BCUT2D eigenvalue weighted by Gasteiger charge is -2.03. The van der Waals surface area contributed by atoms with Gasteiger partial charge in [-0.1, -0.05) is 72.8 Å². The molecule has 4 aromatic heterocycles. The first kappa shape index (κ1) is 23.3. The van der Waals surface area contributed by atoms with Gasteiger partial charge in [0.25, 0.3) is 0 Å². The molecular weight excluding hydrogens is 525 g/mol. The van der Waals surface area contributed by atoms with Gasteiger partial charge in [0.1, 0.15) is 0 Å². The van der Waals surface area contributed by atoms with E-state index in [0.717, 1.165) is 0 Å². The van der Waals surface area contributed by atoms with Gasteiger partial charge < -0.3 is 0 Å². The largest absolute Gasteiger partial charge is 0.265 e. The molecular formula is C36H22N2S2. The molecule has 8 rings (SSSR count). The highest BCUT2D eigenvalue weighted by molar-refractivity contribution is 7.24. The highest BCUT2D eigenvalue weighted by Gasteiger charge is 2.13. The van der Waals surface area contributed by atoms with Crippen molar-refractivity contribution >= 4 is 53.6 Å². The van der Waals surface area contributed by atoms with Crippen LogP contribution in [0.4, 0.5) is 0 Å². The highest BCUT2D eigenvalue weighted by atomic mass is 32.1. The van der Waals surface area contributed by atoms with Gasteiger partial charge in [-0.05, 0) is 80.6 Å². The molecule has 4 aromatic carbocycles. The molecule has 0 spiro atoms. The van der Waals surface area contributed by atoms with Gasteiger partial charge in [0.05, 0.1) is 0 Å². The number of benzene rings is 4. The van der Waals surface area contributed by atoms with Crippen LogP contribution in [0, 0.1) is 0 Å². The Balaban J connectivity index is 1.16. The smallest absolute Gasteiger partial charge is 0.0428 e. The predicted molar refractivity (Wildman–Crippen MR) is 172 cm³/mol. The second-order valence-corrected chi connectivity index (χ2v) is 12.0. The fourth-order valence-corrected chi connectivity index (χ4v) is 7.81. The quantitative estimate of drug-likeness (QED) is 0.219. The topological polar surface area (TPSA) is 25.8 Å². The van der Waals surface area contributed by atoms with E-state index in [1.165, 1.54) is 74.1 Å². The van der Waals surface area contributed by atoms with Gasteiger partial charge in [0.2, 0.25) is 0 Å². The van der Waals surface area contributed by atoms with E-state index in [-0.39, 0.29) is 0 Å². The van der Waals surface area contributed by atoms with E-state index < -0.39 is 0 Å². The van der Waals surface area contributed by atoms with Crippen molar-refractivity contribution in [2.75, 3.05) is 0 Å². The molecule has 0 atom stereocenters. The molecule has 40 heavy (non-hydrogen) atoms. The Morgan fingerprint density at radius 1 is 0.350 bits per heavy atom. The van der Waals surface area contributed by atoms with Crippen molar-refractivity contribution in [3.8, 4) is 43.1 Å². The molecule has 0 aliphatic heterocycles. The van der Waals surface area contributed by atoms with Crippen LogP contribution >= 0.6 is 22.7 Å². The van der Waals surface area contributed by atoms with E-state index in [1.54, 1.807) is 0 Å². The summed E-state index contributed by atoms with van der Waals surface area (Å²) in [6.45, 7) is 0. The zero-order valence-corrected chi connectivity index (χ0v) is 23.0. The number of thiophene rings is 2. The molecule has 0 bridgehead atoms. The third kappa shape index (κ3) is 4.01. The lowest BCUT2D eigenvalue weighted by atomic mass is 10.0. The summed E-state index contributed by atoms with van der Waals surface area (Å²) in [5, 5.41) is 5.26. The van der Waals surface area contributed by atoms with Crippen molar-refractivity contribution < 1.29 is 0 Å². The highest BCUT2D eigenvalue weighted by Crippen LogP contribution is 2.43. The summed E-state index contributed by atoms with van der Waals surface area (Å²) in [5.41, 5.74) is 7.30. The van der Waals surface area contributed by atoms with Crippen molar-refractivity contribution in [1.29, 1.82) is 0 Å². The molecule has 4 heteroatoms. The average Bonchev–Trinajstić information content (AvgIpc) is 3.67. The summed E-state index contributed by atoms with van der Waals surface area (Å²) in [4.78, 5) is 10.9. The van der Waals surface area contributed by atoms with Crippen LogP contribution in [-0.4, -0.2) is 9.97 Å². The lowest BCUT2D eigenvalue weighted by molar-refractivity contribution is 1.33. The maximum absolute atomic E-state index is 4.13. The van der Waals surface area contributed by atoms with Crippen LogP contribution in [0.3, 0.4) is 0 Å². The first-order chi connectivity index (χ1) is 19.8. The van der Waals surface area contributed by atoms with Crippen LogP contribution in [0.5, 0.6) is 0 Å². The number of fused-ring (bicyclic) bond motifs is 5. The predicted octanol–water partition coefficient (Wildman–Crippen LogP) is 10.7. The average molecular weight is 547 g/mol. The van der Waals surface area contributed by atoms with Crippen LogP contribution in [0.1, 0.15) is 0 Å². The van der Waals surface area contributed by atoms with Crippen molar-refractivity contribution in [2.45, 2.75) is 0 Å². The molecule has 8 aromatic rings. The van der Waals surface area contributed by atoms with Crippen LogP contribution in [0.25, 0.3) is 74.1 Å².